The molecule has 1 aromatic rings. The van der Waals surface area contributed by atoms with E-state index >= 15 is 0 Å². The van der Waals surface area contributed by atoms with Crippen LogP contribution in [0, 0.1) is 0 Å². The molecule has 0 N–H and O–H groups in total. The van der Waals surface area contributed by atoms with Crippen LogP contribution in [0.3, 0.4) is 0 Å². The zero-order valence-corrected chi connectivity index (χ0v) is 13.9. The third-order valence-corrected chi connectivity index (χ3v) is 4.58. The summed E-state index contributed by atoms with van der Waals surface area (Å²) in [5, 5.41) is 0. The maximum atomic E-state index is 2.41. The van der Waals surface area contributed by atoms with Crippen LogP contribution in [0.25, 0.3) is 0 Å². The predicted molar refractivity (Wildman–Crippen MR) is 75.5 cm³/mol. The van der Waals surface area contributed by atoms with E-state index in [0.29, 0.717) is 17.8 Å². The Morgan fingerprint density at radius 3 is 1.38 bits per heavy atom. The first-order chi connectivity index (χ1) is 7.34. The zero-order chi connectivity index (χ0) is 12.5. The molecule has 0 nitrogen and oxygen atoms in total. The van der Waals surface area contributed by atoms with Crippen LogP contribution in [-0.4, -0.2) is 16.5 Å². The van der Waals surface area contributed by atoms with Crippen molar-refractivity contribution in [1.82, 2.24) is 0 Å². The van der Waals surface area contributed by atoms with Crippen LogP contribution in [-0.2, 0) is 0 Å². The van der Waals surface area contributed by atoms with Crippen LogP contribution in [0.5, 0.6) is 0 Å². The van der Waals surface area contributed by atoms with Crippen molar-refractivity contribution in [3.8, 4) is 0 Å². The van der Waals surface area contributed by atoms with Crippen molar-refractivity contribution < 1.29 is 0 Å². The van der Waals surface area contributed by atoms with E-state index in [-0.39, 0.29) is 0 Å². The molecule has 0 aromatic heterocycles. The summed E-state index contributed by atoms with van der Waals surface area (Å²) in [5.41, 5.74) is 4.60. The molecule has 0 aliphatic rings. The average molecular weight is 277 g/mol. The van der Waals surface area contributed by atoms with Gasteiger partial charge in [-0.2, -0.15) is 0 Å². The van der Waals surface area contributed by atoms with E-state index in [1.165, 1.54) is 5.56 Å². The Labute approximate surface area is 109 Å². The van der Waals surface area contributed by atoms with Gasteiger partial charge in [-0.25, -0.2) is 0 Å². The van der Waals surface area contributed by atoms with Crippen molar-refractivity contribution in [2.24, 2.45) is 0 Å². The molecular formula is C15H24Ge. The van der Waals surface area contributed by atoms with Gasteiger partial charge in [0.2, 0.25) is 0 Å². The first-order valence-electron chi connectivity index (χ1n) is 6.27. The van der Waals surface area contributed by atoms with Gasteiger partial charge in [0, 0.05) is 0 Å². The van der Waals surface area contributed by atoms with Crippen LogP contribution in [0.4, 0.5) is 0 Å². The quantitative estimate of drug-likeness (QED) is 0.741. The Bertz CT molecular complexity index is 333. The summed E-state index contributed by atoms with van der Waals surface area (Å²) in [6.45, 7) is 13.8. The normalized spacial score (nSPS) is 11.9. The number of rotatable bonds is 3. The van der Waals surface area contributed by atoms with E-state index in [0.717, 1.165) is 0 Å². The monoisotopic (exact) mass is 278 g/mol. The van der Waals surface area contributed by atoms with Gasteiger partial charge in [0.1, 0.15) is 0 Å². The Hall–Kier alpha value is -0.237. The van der Waals surface area contributed by atoms with Crippen LogP contribution in [0.2, 0.25) is 0 Å². The molecule has 0 unspecified atom stereocenters. The Kier molecular flexibility index (Phi) is 4.66. The molecule has 0 saturated carbocycles. The van der Waals surface area contributed by atoms with Crippen LogP contribution in [0.1, 0.15) is 76.0 Å². The fourth-order valence-corrected chi connectivity index (χ4v) is 3.76. The first-order valence-corrected chi connectivity index (χ1v) is 7.48. The number of hydrogen-bond acceptors (Lipinski definition) is 0. The third-order valence-electron chi connectivity index (χ3n) is 3.18. The van der Waals surface area contributed by atoms with E-state index in [9.17, 15) is 0 Å². The number of benzene rings is 1. The van der Waals surface area contributed by atoms with Crippen LogP contribution in [0.15, 0.2) is 12.1 Å². The summed E-state index contributed by atoms with van der Waals surface area (Å²) in [4.78, 5) is 0. The minimum atomic E-state index is 0.628. The van der Waals surface area contributed by atoms with Crippen LogP contribution >= 0.6 is 0 Å². The number of hydrogen-bond donors (Lipinski definition) is 0. The molecule has 0 amide bonds. The fourth-order valence-electron chi connectivity index (χ4n) is 2.01. The van der Waals surface area contributed by atoms with Crippen molar-refractivity contribution in [1.29, 1.82) is 0 Å². The molecule has 1 aromatic carbocycles. The molecule has 2 radical (unpaired) electrons. The molecule has 1 rings (SSSR count). The van der Waals surface area contributed by atoms with E-state index < -0.39 is 0 Å². The van der Waals surface area contributed by atoms with Crippen LogP contribution < -0.4 is 4.40 Å². The molecule has 0 spiro atoms. The summed E-state index contributed by atoms with van der Waals surface area (Å²) < 4.78 is 1.56. The van der Waals surface area contributed by atoms with E-state index in [1.807, 2.05) is 0 Å². The molecule has 0 fully saturated rings. The average Bonchev–Trinajstić information content (AvgIpc) is 2.16. The standard InChI is InChI=1S/C15H24Ge/c1-9(2)12-7-13(10(3)4)15(16)14(8-12)11(5)6/h7-11,16H,1-6H3. The summed E-state index contributed by atoms with van der Waals surface area (Å²) in [6, 6.07) is 4.83. The fraction of sp³-hybridized carbons (Fsp3) is 0.600. The SMILES string of the molecule is CC(C)c1cc(C(C)C)[c]([GeH])c(C(C)C)c1. The Morgan fingerprint density at radius 2 is 1.12 bits per heavy atom. The van der Waals surface area contributed by atoms with Gasteiger partial charge in [-0.1, -0.05) is 0 Å². The molecule has 1 heteroatoms. The second-order valence-corrected chi connectivity index (χ2v) is 6.79. The van der Waals surface area contributed by atoms with Gasteiger partial charge >= 0.3 is 109 Å². The molecule has 0 bridgehead atoms. The van der Waals surface area contributed by atoms with Crippen molar-refractivity contribution in [3.63, 3.8) is 0 Å². The molecule has 0 atom stereocenters. The molecule has 0 aliphatic carbocycles. The van der Waals surface area contributed by atoms with E-state index in [2.05, 4.69) is 53.7 Å². The van der Waals surface area contributed by atoms with Crippen molar-refractivity contribution in [2.45, 2.75) is 59.3 Å². The second kappa shape index (κ2) is 5.40. The van der Waals surface area contributed by atoms with Gasteiger partial charge in [0.05, 0.1) is 0 Å². The third kappa shape index (κ3) is 2.91. The molecule has 0 aliphatic heterocycles. The molecule has 0 heterocycles. The van der Waals surface area contributed by atoms with Gasteiger partial charge in [0.15, 0.2) is 0 Å². The van der Waals surface area contributed by atoms with Crippen molar-refractivity contribution in [2.75, 3.05) is 0 Å². The van der Waals surface area contributed by atoms with Gasteiger partial charge in [-0.05, 0) is 0 Å². The topological polar surface area (TPSA) is 0 Å². The second-order valence-electron chi connectivity index (χ2n) is 5.58. The van der Waals surface area contributed by atoms with Crippen molar-refractivity contribution in [3.05, 3.63) is 28.8 Å². The van der Waals surface area contributed by atoms with Crippen molar-refractivity contribution >= 4 is 20.9 Å². The molecule has 16 heavy (non-hydrogen) atoms. The Morgan fingerprint density at radius 1 is 0.750 bits per heavy atom. The van der Waals surface area contributed by atoms with Gasteiger partial charge in [-0.15, -0.1) is 0 Å². The van der Waals surface area contributed by atoms with Gasteiger partial charge in [0.25, 0.3) is 0 Å². The molecule has 88 valence electrons. The van der Waals surface area contributed by atoms with E-state index in [1.54, 1.807) is 32.0 Å². The Balaban J connectivity index is 3.39. The van der Waals surface area contributed by atoms with Gasteiger partial charge in [-0.3, -0.25) is 0 Å². The van der Waals surface area contributed by atoms with Gasteiger partial charge < -0.3 is 0 Å². The first kappa shape index (κ1) is 13.8. The molecule has 0 saturated heterocycles. The zero-order valence-electron chi connectivity index (χ0n) is 11.5. The molecular weight excluding hydrogens is 253 g/mol. The minimum absolute atomic E-state index is 0.628. The summed E-state index contributed by atoms with van der Waals surface area (Å²) in [6.07, 6.45) is 0. The predicted octanol–water partition coefficient (Wildman–Crippen LogP) is 3.58. The van der Waals surface area contributed by atoms with E-state index in [4.69, 9.17) is 0 Å². The summed E-state index contributed by atoms with van der Waals surface area (Å²) in [7, 11) is 0. The summed E-state index contributed by atoms with van der Waals surface area (Å²) in [5.74, 6) is 1.90. The summed E-state index contributed by atoms with van der Waals surface area (Å²) >= 11 is 1.77. The maximum absolute atomic E-state index is 2.41.